The van der Waals surface area contributed by atoms with Gasteiger partial charge in [-0.05, 0) is 44.7 Å². The van der Waals surface area contributed by atoms with Crippen LogP contribution in [0.25, 0.3) is 0 Å². The van der Waals surface area contributed by atoms with E-state index >= 15 is 0 Å². The third-order valence-corrected chi connectivity index (χ3v) is 3.40. The smallest absolute Gasteiger partial charge is 0.328 e. The lowest BCUT2D eigenvalue weighted by Crippen LogP contribution is -2.39. The molecule has 0 radical (unpaired) electrons. The maximum absolute atomic E-state index is 12.1. The van der Waals surface area contributed by atoms with Gasteiger partial charge in [0.25, 0.3) is 5.91 Å². The number of nitrogens with one attached hydrogen (secondary N) is 1. The zero-order chi connectivity index (χ0) is 14.4. The monoisotopic (exact) mass is 281 g/mol. The summed E-state index contributed by atoms with van der Waals surface area (Å²) in [5.41, 5.74) is 1.47. The number of rotatable bonds is 5. The van der Waals surface area contributed by atoms with Crippen molar-refractivity contribution in [2.24, 2.45) is 0 Å². The minimum atomic E-state index is -0.648. The lowest BCUT2D eigenvalue weighted by Gasteiger charge is -2.14. The summed E-state index contributed by atoms with van der Waals surface area (Å²) in [7, 11) is 0. The van der Waals surface area contributed by atoms with Gasteiger partial charge in [0.15, 0.2) is 0 Å². The first-order valence-electron chi connectivity index (χ1n) is 6.11. The average molecular weight is 281 g/mol. The summed E-state index contributed by atoms with van der Waals surface area (Å²) in [6, 6.07) is 5.04. The highest BCUT2D eigenvalue weighted by atomic mass is 32.2. The second-order valence-electron chi connectivity index (χ2n) is 4.13. The van der Waals surface area contributed by atoms with Gasteiger partial charge in [0.1, 0.15) is 6.04 Å². The molecule has 1 unspecified atom stereocenters. The molecule has 0 saturated carbocycles. The number of aryl methyl sites for hydroxylation is 1. The third-order valence-electron chi connectivity index (χ3n) is 2.68. The molecule has 0 aliphatic heterocycles. The normalized spacial score (nSPS) is 11.8. The summed E-state index contributed by atoms with van der Waals surface area (Å²) in [5.74, 6) is -0.677. The fourth-order valence-corrected chi connectivity index (χ4v) is 2.01. The van der Waals surface area contributed by atoms with Crippen LogP contribution in [0.15, 0.2) is 23.1 Å². The number of carbonyl (C=O) groups excluding carboxylic acids is 2. The Labute approximate surface area is 117 Å². The van der Waals surface area contributed by atoms with Crippen LogP contribution in [0.3, 0.4) is 0 Å². The van der Waals surface area contributed by atoms with E-state index in [1.807, 2.05) is 31.4 Å². The third kappa shape index (κ3) is 4.28. The van der Waals surface area contributed by atoms with Gasteiger partial charge in [-0.2, -0.15) is 0 Å². The lowest BCUT2D eigenvalue weighted by atomic mass is 10.1. The maximum atomic E-state index is 12.1. The second kappa shape index (κ2) is 7.19. The molecule has 104 valence electrons. The van der Waals surface area contributed by atoms with Crippen LogP contribution in [0.4, 0.5) is 0 Å². The number of esters is 1. The van der Waals surface area contributed by atoms with E-state index in [9.17, 15) is 9.59 Å². The van der Waals surface area contributed by atoms with Crippen molar-refractivity contribution in [3.05, 3.63) is 29.3 Å². The molecule has 1 amide bonds. The minimum Gasteiger partial charge on any atom is -0.464 e. The zero-order valence-corrected chi connectivity index (χ0v) is 12.5. The lowest BCUT2D eigenvalue weighted by molar-refractivity contribution is -0.144. The van der Waals surface area contributed by atoms with E-state index in [1.54, 1.807) is 25.6 Å². The topological polar surface area (TPSA) is 55.4 Å². The van der Waals surface area contributed by atoms with E-state index in [-0.39, 0.29) is 5.91 Å². The molecule has 0 heterocycles. The van der Waals surface area contributed by atoms with Crippen LogP contribution in [0.5, 0.6) is 0 Å². The number of ether oxygens (including phenoxy) is 1. The molecule has 1 N–H and O–H groups in total. The van der Waals surface area contributed by atoms with Gasteiger partial charge in [-0.25, -0.2) is 4.79 Å². The van der Waals surface area contributed by atoms with E-state index in [0.29, 0.717) is 12.2 Å². The van der Waals surface area contributed by atoms with Crippen molar-refractivity contribution in [2.45, 2.75) is 31.7 Å². The van der Waals surface area contributed by atoms with Crippen LogP contribution in [0, 0.1) is 6.92 Å². The number of hydrogen-bond donors (Lipinski definition) is 1. The molecular formula is C14H19NO3S. The fraction of sp³-hybridized carbons (Fsp3) is 0.429. The summed E-state index contributed by atoms with van der Waals surface area (Å²) in [6.45, 7) is 5.52. The van der Waals surface area contributed by atoms with E-state index in [2.05, 4.69) is 5.32 Å². The quantitative estimate of drug-likeness (QED) is 0.665. The largest absolute Gasteiger partial charge is 0.464 e. The van der Waals surface area contributed by atoms with Crippen molar-refractivity contribution in [3.63, 3.8) is 0 Å². The highest BCUT2D eigenvalue weighted by molar-refractivity contribution is 7.98. The van der Waals surface area contributed by atoms with Gasteiger partial charge < -0.3 is 10.1 Å². The summed E-state index contributed by atoms with van der Waals surface area (Å²) in [4.78, 5) is 24.6. The highest BCUT2D eigenvalue weighted by Gasteiger charge is 2.18. The average Bonchev–Trinajstić information content (AvgIpc) is 2.39. The van der Waals surface area contributed by atoms with Crippen molar-refractivity contribution in [2.75, 3.05) is 12.9 Å². The zero-order valence-electron chi connectivity index (χ0n) is 11.6. The van der Waals surface area contributed by atoms with E-state index in [4.69, 9.17) is 4.74 Å². The van der Waals surface area contributed by atoms with Gasteiger partial charge in [0.2, 0.25) is 0 Å². The van der Waals surface area contributed by atoms with Crippen LogP contribution in [-0.4, -0.2) is 30.8 Å². The molecule has 0 bridgehead atoms. The summed E-state index contributed by atoms with van der Waals surface area (Å²) >= 11 is 1.57. The Bertz CT molecular complexity index is 474. The molecule has 0 fully saturated rings. The van der Waals surface area contributed by atoms with Crippen molar-refractivity contribution in [1.82, 2.24) is 5.32 Å². The van der Waals surface area contributed by atoms with Gasteiger partial charge in [0, 0.05) is 10.5 Å². The van der Waals surface area contributed by atoms with Gasteiger partial charge >= 0.3 is 5.97 Å². The Morgan fingerprint density at radius 1 is 1.42 bits per heavy atom. The van der Waals surface area contributed by atoms with Gasteiger partial charge in [0.05, 0.1) is 6.61 Å². The van der Waals surface area contributed by atoms with Crippen LogP contribution in [0.2, 0.25) is 0 Å². The number of thioether (sulfide) groups is 1. The Hall–Kier alpha value is -1.49. The van der Waals surface area contributed by atoms with E-state index in [1.165, 1.54) is 0 Å². The molecule has 0 aliphatic rings. The SMILES string of the molecule is CCOC(=O)C(C)NC(=O)c1cc(SC)ccc1C. The summed E-state index contributed by atoms with van der Waals surface area (Å²) in [6.07, 6.45) is 1.95. The highest BCUT2D eigenvalue weighted by Crippen LogP contribution is 2.19. The molecule has 0 aromatic heterocycles. The molecule has 0 spiro atoms. The number of hydrogen-bond acceptors (Lipinski definition) is 4. The standard InChI is InChI=1S/C14H19NO3S/c1-5-18-14(17)10(3)15-13(16)12-8-11(19-4)7-6-9(12)2/h6-8,10H,5H2,1-4H3,(H,15,16). The summed E-state index contributed by atoms with van der Waals surface area (Å²) in [5, 5.41) is 2.65. The van der Waals surface area contributed by atoms with Gasteiger partial charge in [-0.3, -0.25) is 4.79 Å². The Balaban J connectivity index is 2.80. The summed E-state index contributed by atoms with van der Waals surface area (Å²) < 4.78 is 4.86. The van der Waals surface area contributed by atoms with Crippen molar-refractivity contribution < 1.29 is 14.3 Å². The Morgan fingerprint density at radius 2 is 2.11 bits per heavy atom. The predicted molar refractivity (Wildman–Crippen MR) is 76.5 cm³/mol. The van der Waals surface area contributed by atoms with E-state index in [0.717, 1.165) is 10.5 Å². The predicted octanol–water partition coefficient (Wildman–Crippen LogP) is 2.40. The number of benzene rings is 1. The van der Waals surface area contributed by atoms with E-state index < -0.39 is 12.0 Å². The number of amides is 1. The molecule has 0 aliphatic carbocycles. The minimum absolute atomic E-state index is 0.256. The molecule has 0 saturated heterocycles. The first-order valence-corrected chi connectivity index (χ1v) is 7.34. The fourth-order valence-electron chi connectivity index (χ4n) is 1.57. The molecular weight excluding hydrogens is 262 g/mol. The molecule has 1 rings (SSSR count). The molecule has 19 heavy (non-hydrogen) atoms. The Kier molecular flexibility index (Phi) is 5.89. The second-order valence-corrected chi connectivity index (χ2v) is 5.01. The van der Waals surface area contributed by atoms with Crippen LogP contribution < -0.4 is 5.32 Å². The van der Waals surface area contributed by atoms with Crippen molar-refractivity contribution in [3.8, 4) is 0 Å². The van der Waals surface area contributed by atoms with Crippen molar-refractivity contribution in [1.29, 1.82) is 0 Å². The number of carbonyl (C=O) groups is 2. The first kappa shape index (κ1) is 15.6. The molecule has 1 atom stereocenters. The molecule has 1 aromatic rings. The van der Waals surface area contributed by atoms with Crippen LogP contribution >= 0.6 is 11.8 Å². The first-order chi connectivity index (χ1) is 8.99. The maximum Gasteiger partial charge on any atom is 0.328 e. The molecule has 4 nitrogen and oxygen atoms in total. The Morgan fingerprint density at radius 3 is 2.68 bits per heavy atom. The van der Waals surface area contributed by atoms with Gasteiger partial charge in [-0.15, -0.1) is 11.8 Å². The van der Waals surface area contributed by atoms with Crippen LogP contribution in [-0.2, 0) is 9.53 Å². The molecule has 5 heteroatoms. The van der Waals surface area contributed by atoms with Gasteiger partial charge in [-0.1, -0.05) is 6.07 Å². The van der Waals surface area contributed by atoms with Crippen molar-refractivity contribution >= 4 is 23.6 Å². The molecule has 1 aromatic carbocycles. The van der Waals surface area contributed by atoms with Crippen LogP contribution in [0.1, 0.15) is 29.8 Å².